The summed E-state index contributed by atoms with van der Waals surface area (Å²) >= 11 is 0. The molecule has 60 heavy (non-hydrogen) atoms. The molecule has 7 aromatic carbocycles. The molecule has 0 fully saturated rings. The van der Waals surface area contributed by atoms with Crippen LogP contribution in [0.3, 0.4) is 0 Å². The third-order valence-corrected chi connectivity index (χ3v) is 22.1. The van der Waals surface area contributed by atoms with Crippen molar-refractivity contribution in [2.45, 2.75) is 39.0 Å². The van der Waals surface area contributed by atoms with Crippen LogP contribution in [0.25, 0.3) is 11.1 Å². The summed E-state index contributed by atoms with van der Waals surface area (Å²) in [6.07, 6.45) is 7.68. The van der Waals surface area contributed by atoms with E-state index in [2.05, 4.69) is 171 Å². The average Bonchev–Trinajstić information content (AvgIpc) is 3.32. The number of ether oxygens (including phenoxy) is 2. The van der Waals surface area contributed by atoms with Crippen LogP contribution in [-0.4, -0.2) is 38.9 Å². The summed E-state index contributed by atoms with van der Waals surface area (Å²) in [5.41, 5.74) is 3.73. The summed E-state index contributed by atoms with van der Waals surface area (Å²) in [6.45, 7) is 1.37. The first-order valence-electron chi connectivity index (χ1n) is 21.6. The monoisotopic (exact) mass is 838 g/mol. The number of halogens is 2. The van der Waals surface area contributed by atoms with E-state index in [0.29, 0.717) is 11.5 Å². The van der Waals surface area contributed by atoms with Gasteiger partial charge < -0.3 is 0 Å². The molecule has 0 spiro atoms. The second-order valence-electron chi connectivity index (χ2n) is 15.6. The molecule has 0 atom stereocenters. The fourth-order valence-electron chi connectivity index (χ4n) is 9.03. The number of rotatable bonds is 21. The van der Waals surface area contributed by atoms with Crippen molar-refractivity contribution in [3.63, 3.8) is 0 Å². The molecule has 2 nitrogen and oxygen atoms in total. The van der Waals surface area contributed by atoms with Crippen LogP contribution in [0.5, 0.6) is 11.5 Å². The van der Waals surface area contributed by atoms with E-state index in [9.17, 15) is 8.78 Å². The number of hydrogen-bond acceptors (Lipinski definition) is 2. The van der Waals surface area contributed by atoms with Crippen LogP contribution in [-0.2, 0) is 6.42 Å². The Bertz CT molecular complexity index is 2310. The zero-order valence-electron chi connectivity index (χ0n) is 34.7. The SMILES string of the molecule is CCCCC[PH](c1ccccc1)(c1ccc(OCCF)cc1)c1ccc(-c2ccc([PH](CCCc3ccccc3)(c3ccccc3)c3ccc(OCCF)cc3)cc2)cc1. The third kappa shape index (κ3) is 9.90. The molecule has 0 aliphatic carbocycles. The molecule has 0 aromatic heterocycles. The van der Waals surface area contributed by atoms with Crippen molar-refractivity contribution in [3.05, 3.63) is 194 Å². The summed E-state index contributed by atoms with van der Waals surface area (Å²) < 4.78 is 37.3. The van der Waals surface area contributed by atoms with E-state index in [1.54, 1.807) is 0 Å². The molecule has 0 saturated carbocycles. The van der Waals surface area contributed by atoms with Crippen molar-refractivity contribution in [2.24, 2.45) is 0 Å². The van der Waals surface area contributed by atoms with Crippen LogP contribution in [0, 0.1) is 0 Å². The van der Waals surface area contributed by atoms with Crippen LogP contribution in [0.1, 0.15) is 38.2 Å². The number of aryl methyl sites for hydroxylation is 1. The van der Waals surface area contributed by atoms with Crippen molar-refractivity contribution in [2.75, 3.05) is 38.9 Å². The van der Waals surface area contributed by atoms with Gasteiger partial charge in [0.15, 0.2) is 0 Å². The molecule has 310 valence electrons. The number of benzene rings is 7. The van der Waals surface area contributed by atoms with Crippen molar-refractivity contribution in [1.82, 2.24) is 0 Å². The van der Waals surface area contributed by atoms with Gasteiger partial charge in [-0.2, -0.15) is 0 Å². The van der Waals surface area contributed by atoms with Crippen molar-refractivity contribution >= 4 is 46.4 Å². The van der Waals surface area contributed by atoms with Crippen LogP contribution < -0.4 is 41.3 Å². The molecule has 0 radical (unpaired) electrons. The zero-order valence-corrected chi connectivity index (χ0v) is 36.7. The first kappa shape index (κ1) is 43.0. The maximum absolute atomic E-state index is 13.0. The van der Waals surface area contributed by atoms with Gasteiger partial charge in [0.25, 0.3) is 0 Å². The Kier molecular flexibility index (Phi) is 15.3. The van der Waals surface area contributed by atoms with Gasteiger partial charge in [-0.15, -0.1) is 0 Å². The van der Waals surface area contributed by atoms with Crippen molar-refractivity contribution < 1.29 is 18.3 Å². The minimum atomic E-state index is -2.54. The summed E-state index contributed by atoms with van der Waals surface area (Å²) in [6, 6.07) is 68.6. The minimum absolute atomic E-state index is 0.0551. The molecular formula is C54H58F2O2P2. The molecular weight excluding hydrogens is 781 g/mol. The van der Waals surface area contributed by atoms with E-state index in [-0.39, 0.29) is 13.2 Å². The van der Waals surface area contributed by atoms with Gasteiger partial charge in [-0.3, -0.25) is 0 Å². The molecule has 0 heterocycles. The van der Waals surface area contributed by atoms with Gasteiger partial charge in [0.1, 0.15) is 0 Å². The van der Waals surface area contributed by atoms with E-state index in [1.807, 2.05) is 24.3 Å². The van der Waals surface area contributed by atoms with Gasteiger partial charge in [-0.25, -0.2) is 0 Å². The van der Waals surface area contributed by atoms with E-state index in [1.165, 1.54) is 54.9 Å². The van der Waals surface area contributed by atoms with E-state index in [4.69, 9.17) is 9.47 Å². The molecule has 0 N–H and O–H groups in total. The summed E-state index contributed by atoms with van der Waals surface area (Å²) in [5.74, 6) is 1.40. The molecule has 0 amide bonds. The third-order valence-electron chi connectivity index (χ3n) is 12.0. The second kappa shape index (κ2) is 21.4. The maximum atomic E-state index is 13.0. The molecule has 0 saturated heterocycles. The van der Waals surface area contributed by atoms with Crippen LogP contribution >= 0.6 is 14.5 Å². The second-order valence-corrected chi connectivity index (χ2v) is 23.7. The first-order chi connectivity index (χ1) is 29.6. The summed E-state index contributed by atoms with van der Waals surface area (Å²) in [5, 5.41) is 8.18. The van der Waals surface area contributed by atoms with Gasteiger partial charge in [0.2, 0.25) is 0 Å². The Morgan fingerprint density at radius 2 is 0.733 bits per heavy atom. The van der Waals surface area contributed by atoms with Gasteiger partial charge in [0.05, 0.1) is 0 Å². The van der Waals surface area contributed by atoms with E-state index >= 15 is 0 Å². The van der Waals surface area contributed by atoms with Crippen LogP contribution in [0.4, 0.5) is 8.78 Å². The molecule has 0 unspecified atom stereocenters. The van der Waals surface area contributed by atoms with Crippen LogP contribution in [0.2, 0.25) is 0 Å². The molecule has 7 aromatic rings. The fraction of sp³-hybridized carbons (Fsp3) is 0.222. The topological polar surface area (TPSA) is 18.5 Å². The Hall–Kier alpha value is -5.14. The van der Waals surface area contributed by atoms with E-state index in [0.717, 1.165) is 38.0 Å². The first-order valence-corrected chi connectivity index (χ1v) is 26.0. The van der Waals surface area contributed by atoms with Crippen molar-refractivity contribution in [1.29, 1.82) is 0 Å². The van der Waals surface area contributed by atoms with Crippen LogP contribution in [0.15, 0.2) is 188 Å². The fourth-order valence-corrected chi connectivity index (χ4v) is 18.7. The molecule has 6 heteroatoms. The van der Waals surface area contributed by atoms with E-state index < -0.39 is 27.9 Å². The average molecular weight is 839 g/mol. The Morgan fingerprint density at radius 3 is 1.12 bits per heavy atom. The van der Waals surface area contributed by atoms with Gasteiger partial charge in [0, 0.05) is 0 Å². The molecule has 7 rings (SSSR count). The Morgan fingerprint density at radius 1 is 0.383 bits per heavy atom. The molecule has 0 bridgehead atoms. The normalized spacial score (nSPS) is 12.2. The van der Waals surface area contributed by atoms with Gasteiger partial charge in [-0.1, -0.05) is 0 Å². The van der Waals surface area contributed by atoms with Gasteiger partial charge in [-0.05, 0) is 0 Å². The predicted octanol–water partition coefficient (Wildman–Crippen LogP) is 10.9. The van der Waals surface area contributed by atoms with Gasteiger partial charge >= 0.3 is 359 Å². The predicted molar refractivity (Wildman–Crippen MR) is 259 cm³/mol. The number of unbranched alkanes of at least 4 members (excludes halogenated alkanes) is 2. The quantitative estimate of drug-likeness (QED) is 0.0530. The number of alkyl halides is 2. The number of hydrogen-bond donors (Lipinski definition) is 0. The standard InChI is InChI=1S/C54H58F2O2P2/c1-2-3-13-42-59(49-18-9-5-10-19-49,53-34-26-47(27-35-53)57-40-38-55)51-30-22-45(23-31-51)46-24-32-52(33-25-46)60(50-20-11-6-12-21-50,43-14-17-44-15-7-4-8-16-44)54-36-28-48(29-37-54)58-41-39-56/h4-12,15-16,18-37,59-60H,2-3,13-14,17,38-43H2,1H3. The van der Waals surface area contributed by atoms with Crippen molar-refractivity contribution in [3.8, 4) is 22.6 Å². The summed E-state index contributed by atoms with van der Waals surface area (Å²) in [4.78, 5) is 0. The zero-order chi connectivity index (χ0) is 41.5. The summed E-state index contributed by atoms with van der Waals surface area (Å²) in [7, 11) is -4.99. The molecule has 0 aliphatic heterocycles. The Balaban J connectivity index is 1.27. The molecule has 0 aliphatic rings. The Labute approximate surface area is 357 Å².